The molecule has 0 aromatic rings. The second-order valence-corrected chi connectivity index (χ2v) is 2.17. The van der Waals surface area contributed by atoms with Crippen molar-refractivity contribution in [2.75, 3.05) is 20.6 Å². The van der Waals surface area contributed by atoms with E-state index < -0.39 is 0 Å². The molecule has 0 saturated carbocycles. The van der Waals surface area contributed by atoms with Crippen LogP contribution in [0.15, 0.2) is 12.2 Å². The maximum absolute atomic E-state index is 10.5. The van der Waals surface area contributed by atoms with E-state index in [1.807, 2.05) is 24.4 Å². The Balaban J connectivity index is 3.46. The summed E-state index contributed by atoms with van der Waals surface area (Å²) in [6, 6.07) is 0. The molecule has 4 nitrogen and oxygen atoms in total. The fourth-order valence-corrected chi connectivity index (χ4v) is 0.419. The van der Waals surface area contributed by atoms with Crippen LogP contribution < -0.4 is 11.3 Å². The van der Waals surface area contributed by atoms with E-state index in [1.54, 1.807) is 6.08 Å². The van der Waals surface area contributed by atoms with E-state index >= 15 is 0 Å². The van der Waals surface area contributed by atoms with Crippen LogP contribution in [0.5, 0.6) is 0 Å². The van der Waals surface area contributed by atoms with Gasteiger partial charge in [-0.1, -0.05) is 6.08 Å². The molecule has 0 aromatic carbocycles. The summed E-state index contributed by atoms with van der Waals surface area (Å²) in [5.74, 6) is 4.55. The molecule has 4 heteroatoms. The standard InChI is InChI=1S/C6H13N3O/c1-9(2)5-3-4-6(10)8-7/h3-4H,5,7H2,1-2H3,(H,8,10)/b4-3+. The van der Waals surface area contributed by atoms with Crippen LogP contribution in [0, 0.1) is 0 Å². The normalized spacial score (nSPS) is 10.8. The minimum absolute atomic E-state index is 0.276. The van der Waals surface area contributed by atoms with Gasteiger partial charge in [-0.3, -0.25) is 10.2 Å². The zero-order valence-corrected chi connectivity index (χ0v) is 6.29. The third-order valence-corrected chi connectivity index (χ3v) is 0.882. The first-order chi connectivity index (χ1) is 4.66. The van der Waals surface area contributed by atoms with Gasteiger partial charge in [0, 0.05) is 12.6 Å². The Morgan fingerprint density at radius 1 is 1.70 bits per heavy atom. The van der Waals surface area contributed by atoms with Gasteiger partial charge >= 0.3 is 0 Å². The quantitative estimate of drug-likeness (QED) is 0.233. The molecule has 0 heterocycles. The summed E-state index contributed by atoms with van der Waals surface area (Å²) in [6.07, 6.45) is 3.14. The maximum Gasteiger partial charge on any atom is 0.257 e. The van der Waals surface area contributed by atoms with Crippen LogP contribution in [0.25, 0.3) is 0 Å². The minimum atomic E-state index is -0.276. The highest BCUT2D eigenvalue weighted by Crippen LogP contribution is 1.76. The number of rotatable bonds is 3. The lowest BCUT2D eigenvalue weighted by atomic mass is 10.4. The summed E-state index contributed by atoms with van der Waals surface area (Å²) in [5.41, 5.74) is 1.99. The summed E-state index contributed by atoms with van der Waals surface area (Å²) >= 11 is 0. The minimum Gasteiger partial charge on any atom is -0.306 e. The summed E-state index contributed by atoms with van der Waals surface area (Å²) in [7, 11) is 3.84. The van der Waals surface area contributed by atoms with Crippen LogP contribution in [0.4, 0.5) is 0 Å². The molecule has 0 fully saturated rings. The van der Waals surface area contributed by atoms with Crippen LogP contribution in [-0.4, -0.2) is 31.4 Å². The summed E-state index contributed by atoms with van der Waals surface area (Å²) in [4.78, 5) is 12.4. The number of carbonyl (C=O) groups excluding carboxylic acids is 1. The number of hydrogen-bond donors (Lipinski definition) is 2. The van der Waals surface area contributed by atoms with Crippen LogP contribution in [0.2, 0.25) is 0 Å². The predicted molar refractivity (Wildman–Crippen MR) is 40.0 cm³/mol. The van der Waals surface area contributed by atoms with Crippen molar-refractivity contribution in [3.63, 3.8) is 0 Å². The third-order valence-electron chi connectivity index (χ3n) is 0.882. The van der Waals surface area contributed by atoms with Gasteiger partial charge in [0.05, 0.1) is 0 Å². The molecule has 0 aliphatic rings. The summed E-state index contributed by atoms with van der Waals surface area (Å²) in [6.45, 7) is 0.743. The lowest BCUT2D eigenvalue weighted by Crippen LogP contribution is -2.28. The van der Waals surface area contributed by atoms with Gasteiger partial charge in [-0.15, -0.1) is 0 Å². The number of amides is 1. The van der Waals surface area contributed by atoms with Crippen molar-refractivity contribution >= 4 is 5.91 Å². The molecule has 0 aliphatic carbocycles. The van der Waals surface area contributed by atoms with E-state index in [0.717, 1.165) is 6.54 Å². The molecule has 0 saturated heterocycles. The zero-order valence-electron chi connectivity index (χ0n) is 6.29. The van der Waals surface area contributed by atoms with Crippen molar-refractivity contribution in [1.82, 2.24) is 10.3 Å². The van der Waals surface area contributed by atoms with E-state index in [9.17, 15) is 4.79 Å². The highest BCUT2D eigenvalue weighted by molar-refractivity contribution is 5.86. The highest BCUT2D eigenvalue weighted by Gasteiger charge is 1.87. The molecule has 1 amide bonds. The second-order valence-electron chi connectivity index (χ2n) is 2.17. The predicted octanol–water partition coefficient (Wildman–Crippen LogP) is -0.906. The van der Waals surface area contributed by atoms with Gasteiger partial charge in [0.1, 0.15) is 0 Å². The van der Waals surface area contributed by atoms with Crippen molar-refractivity contribution in [3.05, 3.63) is 12.2 Å². The zero-order chi connectivity index (χ0) is 7.98. The Hall–Kier alpha value is -0.870. The second kappa shape index (κ2) is 4.96. The lowest BCUT2D eigenvalue weighted by molar-refractivity contribution is -0.116. The maximum atomic E-state index is 10.5. The Morgan fingerprint density at radius 2 is 2.30 bits per heavy atom. The monoisotopic (exact) mass is 143 g/mol. The first-order valence-corrected chi connectivity index (χ1v) is 2.98. The highest BCUT2D eigenvalue weighted by atomic mass is 16.2. The number of hydrazine groups is 1. The molecule has 3 N–H and O–H groups in total. The molecule has 0 bridgehead atoms. The van der Waals surface area contributed by atoms with Gasteiger partial charge in [-0.25, -0.2) is 5.84 Å². The van der Waals surface area contributed by atoms with E-state index in [2.05, 4.69) is 0 Å². The Bertz CT molecular complexity index is 131. The van der Waals surface area contributed by atoms with Crippen molar-refractivity contribution < 1.29 is 4.79 Å². The van der Waals surface area contributed by atoms with Gasteiger partial charge in [-0.2, -0.15) is 0 Å². The number of likely N-dealkylation sites (N-methyl/N-ethyl adjacent to an activating group) is 1. The topological polar surface area (TPSA) is 58.4 Å². The molecule has 0 rings (SSSR count). The molecule has 0 spiro atoms. The molecular formula is C6H13N3O. The summed E-state index contributed by atoms with van der Waals surface area (Å²) < 4.78 is 0. The van der Waals surface area contributed by atoms with Crippen molar-refractivity contribution in [3.8, 4) is 0 Å². The molecule has 58 valence electrons. The van der Waals surface area contributed by atoms with Gasteiger partial charge in [0.2, 0.25) is 0 Å². The molecule has 0 aliphatic heterocycles. The third kappa shape index (κ3) is 5.27. The molecule has 10 heavy (non-hydrogen) atoms. The Kier molecular flexibility index (Phi) is 4.53. The molecule has 0 atom stereocenters. The van der Waals surface area contributed by atoms with Crippen molar-refractivity contribution in [2.45, 2.75) is 0 Å². The fourth-order valence-electron chi connectivity index (χ4n) is 0.419. The molecule has 0 radical (unpaired) electrons. The average Bonchev–Trinajstić information content (AvgIpc) is 1.87. The number of hydrogen-bond acceptors (Lipinski definition) is 3. The molecule has 0 unspecified atom stereocenters. The largest absolute Gasteiger partial charge is 0.306 e. The Morgan fingerprint density at radius 3 is 2.70 bits per heavy atom. The Labute approximate surface area is 60.7 Å². The van der Waals surface area contributed by atoms with Crippen LogP contribution in [0.1, 0.15) is 0 Å². The molecular weight excluding hydrogens is 130 g/mol. The number of nitrogens with one attached hydrogen (secondary N) is 1. The van der Waals surface area contributed by atoms with Gasteiger partial charge in [0.25, 0.3) is 5.91 Å². The summed E-state index contributed by atoms with van der Waals surface area (Å²) in [5, 5.41) is 0. The lowest BCUT2D eigenvalue weighted by Gasteiger charge is -2.02. The van der Waals surface area contributed by atoms with Gasteiger partial charge in [0.15, 0.2) is 0 Å². The van der Waals surface area contributed by atoms with Crippen molar-refractivity contribution in [1.29, 1.82) is 0 Å². The fraction of sp³-hybridized carbons (Fsp3) is 0.500. The number of nitrogens with two attached hydrogens (primary N) is 1. The van der Waals surface area contributed by atoms with E-state index in [1.165, 1.54) is 6.08 Å². The van der Waals surface area contributed by atoms with Crippen LogP contribution in [-0.2, 0) is 4.79 Å². The van der Waals surface area contributed by atoms with E-state index in [-0.39, 0.29) is 5.91 Å². The van der Waals surface area contributed by atoms with Gasteiger partial charge < -0.3 is 4.90 Å². The molecule has 0 aromatic heterocycles. The SMILES string of the molecule is CN(C)C/C=C/C(=O)NN. The smallest absolute Gasteiger partial charge is 0.257 e. The first-order valence-electron chi connectivity index (χ1n) is 2.98. The van der Waals surface area contributed by atoms with Crippen LogP contribution in [0.3, 0.4) is 0 Å². The number of nitrogens with zero attached hydrogens (tertiary/aromatic N) is 1. The van der Waals surface area contributed by atoms with E-state index in [0.29, 0.717) is 0 Å². The number of carbonyl (C=O) groups is 1. The van der Waals surface area contributed by atoms with E-state index in [4.69, 9.17) is 5.84 Å². The first kappa shape index (κ1) is 9.13. The van der Waals surface area contributed by atoms with Crippen molar-refractivity contribution in [2.24, 2.45) is 5.84 Å². The van der Waals surface area contributed by atoms with Crippen LogP contribution >= 0.6 is 0 Å². The average molecular weight is 143 g/mol. The van der Waals surface area contributed by atoms with Gasteiger partial charge in [-0.05, 0) is 14.1 Å².